The molecule has 3 fully saturated rings. The monoisotopic (exact) mass is 233 g/mol. The number of hydrogen-bond donors (Lipinski definition) is 1. The van der Waals surface area contributed by atoms with Crippen LogP contribution in [0.15, 0.2) is 12.2 Å². The number of aliphatic hydroxyl groups excluding tert-OH is 1. The summed E-state index contributed by atoms with van der Waals surface area (Å²) in [5, 5.41) is 8.94. The summed E-state index contributed by atoms with van der Waals surface area (Å²) >= 11 is 0. The van der Waals surface area contributed by atoms with Gasteiger partial charge in [0, 0.05) is 0 Å². The Kier molecular flexibility index (Phi) is 1.73. The average molecular weight is 233 g/mol. The van der Waals surface area contributed by atoms with E-state index in [2.05, 4.69) is 12.2 Å². The Morgan fingerprint density at radius 3 is 2.12 bits per heavy atom. The Hall–Kier alpha value is -1.16. The summed E-state index contributed by atoms with van der Waals surface area (Å²) in [5.41, 5.74) is 0. The normalized spacial score (nSPS) is 49.6. The molecule has 0 unspecified atom stereocenters. The zero-order valence-corrected chi connectivity index (χ0v) is 9.45. The molecule has 0 radical (unpaired) electrons. The minimum Gasteiger partial charge on any atom is -0.395 e. The Morgan fingerprint density at radius 2 is 1.65 bits per heavy atom. The van der Waals surface area contributed by atoms with Crippen LogP contribution >= 0.6 is 0 Å². The van der Waals surface area contributed by atoms with Crippen LogP contribution in [0.4, 0.5) is 0 Å². The van der Waals surface area contributed by atoms with Gasteiger partial charge in [0.15, 0.2) is 0 Å². The Morgan fingerprint density at radius 1 is 1.12 bits per heavy atom. The van der Waals surface area contributed by atoms with Crippen molar-refractivity contribution in [2.45, 2.75) is 6.42 Å². The molecule has 0 spiro atoms. The molecular weight excluding hydrogens is 218 g/mol. The molecule has 2 bridgehead atoms. The number of rotatable bonds is 2. The van der Waals surface area contributed by atoms with Gasteiger partial charge in [0.2, 0.25) is 11.8 Å². The lowest BCUT2D eigenvalue weighted by Gasteiger charge is -2.37. The van der Waals surface area contributed by atoms with Gasteiger partial charge in [0.25, 0.3) is 0 Å². The van der Waals surface area contributed by atoms with Crippen LogP contribution in [-0.2, 0) is 9.59 Å². The van der Waals surface area contributed by atoms with E-state index in [0.717, 1.165) is 0 Å². The van der Waals surface area contributed by atoms with E-state index in [1.807, 2.05) is 0 Å². The summed E-state index contributed by atoms with van der Waals surface area (Å²) in [6.07, 6.45) is 5.51. The summed E-state index contributed by atoms with van der Waals surface area (Å²) in [7, 11) is 0. The number of carbonyl (C=O) groups is 2. The zero-order valence-electron chi connectivity index (χ0n) is 9.45. The predicted octanol–water partition coefficient (Wildman–Crippen LogP) is 0.0318. The highest BCUT2D eigenvalue weighted by molar-refractivity contribution is 6.06. The lowest BCUT2D eigenvalue weighted by molar-refractivity contribution is -0.140. The van der Waals surface area contributed by atoms with Crippen molar-refractivity contribution in [3.63, 3.8) is 0 Å². The van der Waals surface area contributed by atoms with Crippen molar-refractivity contribution >= 4 is 11.8 Å². The van der Waals surface area contributed by atoms with Crippen LogP contribution in [0.2, 0.25) is 0 Å². The summed E-state index contributed by atoms with van der Waals surface area (Å²) in [4.78, 5) is 25.8. The maximum Gasteiger partial charge on any atom is 0.233 e. The smallest absolute Gasteiger partial charge is 0.233 e. The van der Waals surface area contributed by atoms with Crippen LogP contribution in [0.25, 0.3) is 0 Å². The summed E-state index contributed by atoms with van der Waals surface area (Å²) in [5.74, 6) is 1.55. The van der Waals surface area contributed by atoms with Gasteiger partial charge < -0.3 is 5.11 Å². The minimum atomic E-state index is -0.132. The van der Waals surface area contributed by atoms with Crippen LogP contribution in [0.3, 0.4) is 0 Å². The van der Waals surface area contributed by atoms with Gasteiger partial charge in [0.05, 0.1) is 25.0 Å². The molecular formula is C13H15NO3. The van der Waals surface area contributed by atoms with Gasteiger partial charge in [-0.1, -0.05) is 12.2 Å². The Bertz CT molecular complexity index is 408. The van der Waals surface area contributed by atoms with Gasteiger partial charge in [-0.05, 0) is 30.1 Å². The van der Waals surface area contributed by atoms with Crippen molar-refractivity contribution in [3.8, 4) is 0 Å². The fourth-order valence-corrected chi connectivity index (χ4v) is 4.34. The van der Waals surface area contributed by atoms with E-state index >= 15 is 0 Å². The standard InChI is InChI=1S/C13H15NO3/c15-4-3-14-12(16)10-6-1-2-7(9-5-8(6)9)11(10)13(14)17/h1-2,6-11,15H,3-5H2/t6-,7+,8-,9+,10+,11-. The molecule has 5 aliphatic rings. The van der Waals surface area contributed by atoms with Crippen molar-refractivity contribution in [2.24, 2.45) is 35.5 Å². The van der Waals surface area contributed by atoms with Crippen LogP contribution < -0.4 is 0 Å². The molecule has 2 amide bonds. The number of imide groups is 1. The molecule has 1 heterocycles. The van der Waals surface area contributed by atoms with E-state index in [0.29, 0.717) is 11.8 Å². The lowest BCUT2D eigenvalue weighted by Crippen LogP contribution is -2.40. The van der Waals surface area contributed by atoms with Crippen LogP contribution in [0.5, 0.6) is 0 Å². The fraction of sp³-hybridized carbons (Fsp3) is 0.692. The highest BCUT2D eigenvalue weighted by Gasteiger charge is 2.66. The van der Waals surface area contributed by atoms with Gasteiger partial charge in [-0.3, -0.25) is 14.5 Å². The Balaban J connectivity index is 1.74. The molecule has 17 heavy (non-hydrogen) atoms. The number of likely N-dealkylation sites (tertiary alicyclic amines) is 1. The molecule has 4 heteroatoms. The molecule has 1 N–H and O–H groups in total. The summed E-state index contributed by atoms with van der Waals surface area (Å²) in [6.45, 7) is 0.0337. The first-order valence-electron chi connectivity index (χ1n) is 6.38. The Labute approximate surface area is 99.3 Å². The van der Waals surface area contributed by atoms with E-state index in [4.69, 9.17) is 5.11 Å². The second-order valence-corrected chi connectivity index (χ2v) is 5.71. The van der Waals surface area contributed by atoms with Gasteiger partial charge in [-0.2, -0.15) is 0 Å². The minimum absolute atomic E-state index is 0.0428. The first-order chi connectivity index (χ1) is 8.24. The van der Waals surface area contributed by atoms with E-state index in [-0.39, 0.29) is 48.6 Å². The van der Waals surface area contributed by atoms with Gasteiger partial charge >= 0.3 is 0 Å². The third-order valence-corrected chi connectivity index (χ3v) is 5.08. The first-order valence-corrected chi connectivity index (χ1v) is 6.38. The van der Waals surface area contributed by atoms with Crippen molar-refractivity contribution in [3.05, 3.63) is 12.2 Å². The van der Waals surface area contributed by atoms with Gasteiger partial charge in [-0.15, -0.1) is 0 Å². The van der Waals surface area contributed by atoms with E-state index in [9.17, 15) is 9.59 Å². The van der Waals surface area contributed by atoms with Crippen LogP contribution in [0.1, 0.15) is 6.42 Å². The second-order valence-electron chi connectivity index (χ2n) is 5.71. The number of aliphatic hydroxyl groups is 1. The molecule has 4 aliphatic carbocycles. The molecule has 0 aromatic carbocycles. The fourth-order valence-electron chi connectivity index (χ4n) is 4.34. The quantitative estimate of drug-likeness (QED) is 0.541. The molecule has 4 nitrogen and oxygen atoms in total. The van der Waals surface area contributed by atoms with Crippen LogP contribution in [-0.4, -0.2) is 35.0 Å². The zero-order chi connectivity index (χ0) is 11.7. The number of carbonyl (C=O) groups excluding carboxylic acids is 2. The predicted molar refractivity (Wildman–Crippen MR) is 58.5 cm³/mol. The molecule has 2 saturated carbocycles. The van der Waals surface area contributed by atoms with Gasteiger partial charge in [0.1, 0.15) is 0 Å². The van der Waals surface area contributed by atoms with Crippen molar-refractivity contribution in [1.82, 2.24) is 4.90 Å². The van der Waals surface area contributed by atoms with E-state index in [1.165, 1.54) is 11.3 Å². The highest BCUT2D eigenvalue weighted by atomic mass is 16.3. The number of allylic oxidation sites excluding steroid dienone is 2. The van der Waals surface area contributed by atoms with Gasteiger partial charge in [-0.25, -0.2) is 0 Å². The van der Waals surface area contributed by atoms with Crippen molar-refractivity contribution in [1.29, 1.82) is 0 Å². The topological polar surface area (TPSA) is 57.6 Å². The molecule has 5 rings (SSSR count). The van der Waals surface area contributed by atoms with E-state index in [1.54, 1.807) is 0 Å². The number of β-amino-alcohol motifs (C(OH)–C–C–N with tert-alkyl or cyclic N) is 1. The largest absolute Gasteiger partial charge is 0.395 e. The maximum atomic E-state index is 12.3. The third kappa shape index (κ3) is 1.03. The van der Waals surface area contributed by atoms with E-state index < -0.39 is 0 Å². The number of nitrogens with zero attached hydrogens (tertiary/aromatic N) is 1. The molecule has 0 aromatic rings. The van der Waals surface area contributed by atoms with Crippen molar-refractivity contribution < 1.29 is 14.7 Å². The highest BCUT2D eigenvalue weighted by Crippen LogP contribution is 2.65. The molecule has 1 saturated heterocycles. The summed E-state index contributed by atoms with van der Waals surface area (Å²) in [6, 6.07) is 0. The van der Waals surface area contributed by atoms with Crippen LogP contribution in [0, 0.1) is 35.5 Å². The second kappa shape index (κ2) is 2.99. The average Bonchev–Trinajstić information content (AvgIpc) is 3.11. The third-order valence-electron chi connectivity index (χ3n) is 5.08. The molecule has 1 aliphatic heterocycles. The van der Waals surface area contributed by atoms with Crippen molar-refractivity contribution in [2.75, 3.05) is 13.2 Å². The summed E-state index contributed by atoms with van der Waals surface area (Å²) < 4.78 is 0. The molecule has 6 atom stereocenters. The number of amides is 2. The first kappa shape index (κ1) is 9.83. The molecule has 90 valence electrons. The molecule has 0 aromatic heterocycles. The maximum absolute atomic E-state index is 12.3. The SMILES string of the molecule is O=C1[C@@H]2[C@H]3C=C[C@H]([C@H]4C[C@@H]34)[C@@H]2C(=O)N1CCO. The number of hydrogen-bond acceptors (Lipinski definition) is 3. The lowest BCUT2D eigenvalue weighted by atomic mass is 9.63.